The highest BCUT2D eigenvalue weighted by atomic mass is 16.6. The van der Waals surface area contributed by atoms with Crippen LogP contribution < -0.4 is 0 Å². The number of benzene rings is 1. The van der Waals surface area contributed by atoms with Gasteiger partial charge in [0.2, 0.25) is 5.76 Å². The van der Waals surface area contributed by atoms with Crippen molar-refractivity contribution in [3.63, 3.8) is 0 Å². The summed E-state index contributed by atoms with van der Waals surface area (Å²) in [5, 5.41) is 19.8. The standard InChI is InChI=1S/C15H10N2O5/c1-21-15(18)14-7-6-13(22-14)8-11(9-16)10-2-4-12(5-3-10)17(19)20/h2-8H,1H3/b11-8-. The molecule has 0 aliphatic heterocycles. The number of ether oxygens (including phenoxy) is 1. The van der Waals surface area contributed by atoms with Crippen LogP contribution in [-0.4, -0.2) is 18.0 Å². The van der Waals surface area contributed by atoms with Crippen molar-refractivity contribution in [2.45, 2.75) is 0 Å². The van der Waals surface area contributed by atoms with Crippen LogP contribution in [0.4, 0.5) is 5.69 Å². The van der Waals surface area contributed by atoms with Crippen LogP contribution in [0.25, 0.3) is 11.6 Å². The molecule has 0 amide bonds. The molecule has 7 nitrogen and oxygen atoms in total. The van der Waals surface area contributed by atoms with E-state index in [0.717, 1.165) is 0 Å². The first-order chi connectivity index (χ1) is 10.5. The van der Waals surface area contributed by atoms with E-state index in [1.807, 2.05) is 6.07 Å². The lowest BCUT2D eigenvalue weighted by molar-refractivity contribution is -0.384. The van der Waals surface area contributed by atoms with E-state index in [-0.39, 0.29) is 17.0 Å². The Bertz CT molecular complexity index is 781. The van der Waals surface area contributed by atoms with Crippen LogP contribution in [0.1, 0.15) is 21.9 Å². The molecule has 0 fully saturated rings. The number of nitriles is 1. The lowest BCUT2D eigenvalue weighted by atomic mass is 10.1. The number of nitro groups is 1. The number of carbonyl (C=O) groups excluding carboxylic acids is 1. The van der Waals surface area contributed by atoms with Crippen LogP contribution in [0.2, 0.25) is 0 Å². The van der Waals surface area contributed by atoms with Gasteiger partial charge in [0.15, 0.2) is 0 Å². The summed E-state index contributed by atoms with van der Waals surface area (Å²) in [6, 6.07) is 10.5. The number of non-ortho nitro benzene ring substituents is 1. The maximum Gasteiger partial charge on any atom is 0.373 e. The van der Waals surface area contributed by atoms with Gasteiger partial charge in [0.1, 0.15) is 5.76 Å². The summed E-state index contributed by atoms with van der Waals surface area (Å²) in [7, 11) is 1.23. The Hall–Kier alpha value is -3.40. The number of nitrogens with zero attached hydrogens (tertiary/aromatic N) is 2. The van der Waals surface area contributed by atoms with Gasteiger partial charge in [0.05, 0.1) is 23.7 Å². The molecule has 1 aromatic heterocycles. The minimum Gasteiger partial charge on any atom is -0.463 e. The van der Waals surface area contributed by atoms with Crippen LogP contribution in [0.5, 0.6) is 0 Å². The van der Waals surface area contributed by atoms with Crippen molar-refractivity contribution in [1.82, 2.24) is 0 Å². The number of rotatable bonds is 4. The highest BCUT2D eigenvalue weighted by Gasteiger charge is 2.11. The largest absolute Gasteiger partial charge is 0.463 e. The molecule has 0 unspecified atom stereocenters. The summed E-state index contributed by atoms with van der Waals surface area (Å²) in [6.45, 7) is 0. The molecule has 22 heavy (non-hydrogen) atoms. The predicted octanol–water partition coefficient (Wildman–Crippen LogP) is 3.04. The Morgan fingerprint density at radius 2 is 2.00 bits per heavy atom. The molecule has 0 saturated carbocycles. The zero-order valence-electron chi connectivity index (χ0n) is 11.5. The summed E-state index contributed by atoms with van der Waals surface area (Å²) in [4.78, 5) is 21.4. The van der Waals surface area contributed by atoms with E-state index in [1.165, 1.54) is 49.6 Å². The number of esters is 1. The van der Waals surface area contributed by atoms with Crippen molar-refractivity contribution in [3.8, 4) is 6.07 Å². The van der Waals surface area contributed by atoms with Crippen molar-refractivity contribution in [2.24, 2.45) is 0 Å². The number of carbonyl (C=O) groups is 1. The van der Waals surface area contributed by atoms with Gasteiger partial charge in [-0.2, -0.15) is 5.26 Å². The molecule has 0 radical (unpaired) electrons. The molecule has 1 aromatic carbocycles. The van der Waals surface area contributed by atoms with E-state index in [4.69, 9.17) is 4.42 Å². The van der Waals surface area contributed by atoms with Crippen molar-refractivity contribution in [2.75, 3.05) is 7.11 Å². The number of hydrogen-bond donors (Lipinski definition) is 0. The second kappa shape index (κ2) is 6.37. The minimum absolute atomic E-state index is 0.0229. The van der Waals surface area contributed by atoms with Gasteiger partial charge in [-0.25, -0.2) is 4.79 Å². The first-order valence-corrected chi connectivity index (χ1v) is 6.10. The number of nitro benzene ring substituents is 1. The van der Waals surface area contributed by atoms with Gasteiger partial charge in [-0.05, 0) is 35.9 Å². The monoisotopic (exact) mass is 298 g/mol. The van der Waals surface area contributed by atoms with Crippen molar-refractivity contribution >= 4 is 23.3 Å². The minimum atomic E-state index is -0.617. The van der Waals surface area contributed by atoms with Gasteiger partial charge >= 0.3 is 5.97 Å². The quantitative estimate of drug-likeness (QED) is 0.371. The van der Waals surface area contributed by atoms with Crippen molar-refractivity contribution in [3.05, 3.63) is 63.6 Å². The SMILES string of the molecule is COC(=O)c1ccc(/C=C(/C#N)c2ccc([N+](=O)[O-])cc2)o1. The van der Waals surface area contributed by atoms with E-state index in [1.54, 1.807) is 0 Å². The fourth-order valence-corrected chi connectivity index (χ4v) is 1.73. The van der Waals surface area contributed by atoms with E-state index < -0.39 is 10.9 Å². The third-order valence-corrected chi connectivity index (χ3v) is 2.81. The van der Waals surface area contributed by atoms with Gasteiger partial charge in [0, 0.05) is 12.1 Å². The van der Waals surface area contributed by atoms with Crippen molar-refractivity contribution < 1.29 is 18.9 Å². The van der Waals surface area contributed by atoms with E-state index in [2.05, 4.69) is 4.74 Å². The number of methoxy groups -OCH3 is 1. The maximum absolute atomic E-state index is 11.3. The Morgan fingerprint density at radius 3 is 2.55 bits per heavy atom. The highest BCUT2D eigenvalue weighted by Crippen LogP contribution is 2.21. The summed E-state index contributed by atoms with van der Waals surface area (Å²) in [5.74, 6) is -0.293. The van der Waals surface area contributed by atoms with Gasteiger partial charge in [0.25, 0.3) is 5.69 Å². The molecule has 0 aliphatic rings. The van der Waals surface area contributed by atoms with Gasteiger partial charge in [-0.3, -0.25) is 10.1 Å². The van der Waals surface area contributed by atoms with Crippen LogP contribution in [0.3, 0.4) is 0 Å². The summed E-state index contributed by atoms with van der Waals surface area (Å²) < 4.78 is 9.76. The van der Waals surface area contributed by atoms with Gasteiger partial charge in [-0.15, -0.1) is 0 Å². The fourth-order valence-electron chi connectivity index (χ4n) is 1.73. The lowest BCUT2D eigenvalue weighted by Crippen LogP contribution is -1.98. The summed E-state index contributed by atoms with van der Waals surface area (Å²) >= 11 is 0. The molecular weight excluding hydrogens is 288 g/mol. The number of allylic oxidation sites excluding steroid dienone is 1. The third-order valence-electron chi connectivity index (χ3n) is 2.81. The third kappa shape index (κ3) is 3.19. The summed E-state index contributed by atoms with van der Waals surface area (Å²) in [6.07, 6.45) is 1.44. The molecule has 7 heteroatoms. The smallest absolute Gasteiger partial charge is 0.373 e. The van der Waals surface area contributed by atoms with Crippen LogP contribution in [-0.2, 0) is 4.74 Å². The lowest BCUT2D eigenvalue weighted by Gasteiger charge is -1.98. The highest BCUT2D eigenvalue weighted by molar-refractivity contribution is 5.90. The molecular formula is C15H10N2O5. The predicted molar refractivity (Wildman–Crippen MR) is 76.6 cm³/mol. The number of hydrogen-bond acceptors (Lipinski definition) is 6. The normalized spacial score (nSPS) is 10.8. The molecule has 1 heterocycles. The molecule has 2 rings (SSSR count). The molecule has 0 bridgehead atoms. The van der Waals surface area contributed by atoms with E-state index in [0.29, 0.717) is 11.3 Å². The first-order valence-electron chi connectivity index (χ1n) is 6.10. The zero-order valence-corrected chi connectivity index (χ0v) is 11.5. The molecule has 110 valence electrons. The average molecular weight is 298 g/mol. The van der Waals surface area contributed by atoms with Crippen LogP contribution >= 0.6 is 0 Å². The summed E-state index contributed by atoms with van der Waals surface area (Å²) in [5.41, 5.74) is 0.691. The Kier molecular flexibility index (Phi) is 4.34. The second-order valence-corrected chi connectivity index (χ2v) is 4.17. The maximum atomic E-state index is 11.3. The second-order valence-electron chi connectivity index (χ2n) is 4.17. The van der Waals surface area contributed by atoms with Gasteiger partial charge < -0.3 is 9.15 Å². The average Bonchev–Trinajstić information content (AvgIpc) is 3.00. The molecule has 0 N–H and O–H groups in total. The topological polar surface area (TPSA) is 106 Å². The Morgan fingerprint density at radius 1 is 1.32 bits per heavy atom. The van der Waals surface area contributed by atoms with Crippen LogP contribution in [0.15, 0.2) is 40.8 Å². The first kappa shape index (κ1) is 15.0. The molecule has 2 aromatic rings. The molecule has 0 saturated heterocycles. The molecule has 0 aliphatic carbocycles. The fraction of sp³-hybridized carbons (Fsp3) is 0.0667. The van der Waals surface area contributed by atoms with E-state index in [9.17, 15) is 20.2 Å². The van der Waals surface area contributed by atoms with Gasteiger partial charge in [-0.1, -0.05) is 0 Å². The Balaban J connectivity index is 2.31. The Labute approximate surface area is 125 Å². The van der Waals surface area contributed by atoms with E-state index >= 15 is 0 Å². The zero-order chi connectivity index (χ0) is 16.1. The van der Waals surface area contributed by atoms with Crippen LogP contribution in [0, 0.1) is 21.4 Å². The molecule has 0 atom stereocenters. The van der Waals surface area contributed by atoms with Crippen molar-refractivity contribution in [1.29, 1.82) is 5.26 Å². The number of furan rings is 1. The molecule has 0 spiro atoms.